The second kappa shape index (κ2) is 3.46. The van der Waals surface area contributed by atoms with Gasteiger partial charge >= 0.3 is 0 Å². The van der Waals surface area contributed by atoms with Crippen LogP contribution in [-0.2, 0) is 0 Å². The fourth-order valence-electron chi connectivity index (χ4n) is 3.49. The highest BCUT2D eigenvalue weighted by Crippen LogP contribution is 2.33. The maximum Gasteiger partial charge on any atom is -0.00107 e. The summed E-state index contributed by atoms with van der Waals surface area (Å²) < 4.78 is 0. The number of fused-ring (bicyclic) bond motifs is 4. The van der Waals surface area contributed by atoms with Gasteiger partial charge < -0.3 is 0 Å². The highest BCUT2D eigenvalue weighted by Gasteiger charge is 2.21. The van der Waals surface area contributed by atoms with E-state index in [4.69, 9.17) is 0 Å². The molecule has 3 aliphatic rings. The summed E-state index contributed by atoms with van der Waals surface area (Å²) in [6.07, 6.45) is 16.8. The largest absolute Gasteiger partial charge is 0.0767 e. The molecule has 0 N–H and O–H groups in total. The molecule has 0 aliphatic heterocycles. The molecule has 4 rings (SSSR count). The summed E-state index contributed by atoms with van der Waals surface area (Å²) in [5, 5.41) is 2.90. The minimum absolute atomic E-state index is 0.726. The van der Waals surface area contributed by atoms with Gasteiger partial charge in [-0.15, -0.1) is 0 Å². The van der Waals surface area contributed by atoms with Crippen LogP contribution in [0.3, 0.4) is 0 Å². The third kappa shape index (κ3) is 1.30. The van der Waals surface area contributed by atoms with Crippen LogP contribution in [0.4, 0.5) is 0 Å². The Morgan fingerprint density at radius 1 is 1.00 bits per heavy atom. The van der Waals surface area contributed by atoms with Crippen LogP contribution in [0.5, 0.6) is 0 Å². The number of benzene rings is 1. The Balaban J connectivity index is 2.07. The maximum absolute atomic E-state index is 2.43. The average molecular weight is 220 g/mol. The lowest BCUT2D eigenvalue weighted by Crippen LogP contribution is -2.25. The molecule has 0 spiro atoms. The van der Waals surface area contributed by atoms with Crippen molar-refractivity contribution in [2.45, 2.75) is 25.7 Å². The smallest absolute Gasteiger partial charge is 0.00107 e. The van der Waals surface area contributed by atoms with Gasteiger partial charge in [-0.3, -0.25) is 0 Å². The van der Waals surface area contributed by atoms with Crippen molar-refractivity contribution in [2.24, 2.45) is 5.92 Å². The summed E-state index contributed by atoms with van der Waals surface area (Å²) in [5.74, 6) is 0.726. The van der Waals surface area contributed by atoms with Gasteiger partial charge in [0, 0.05) is 0 Å². The Kier molecular flexibility index (Phi) is 1.93. The maximum atomic E-state index is 2.43. The van der Waals surface area contributed by atoms with Crippen LogP contribution in [0.1, 0.15) is 36.8 Å². The summed E-state index contributed by atoms with van der Waals surface area (Å²) in [6.45, 7) is 0. The lowest BCUT2D eigenvalue weighted by Gasteiger charge is -2.26. The monoisotopic (exact) mass is 220 g/mol. The van der Waals surface area contributed by atoms with E-state index in [0.717, 1.165) is 5.92 Å². The van der Waals surface area contributed by atoms with Crippen molar-refractivity contribution in [3.05, 3.63) is 45.8 Å². The number of hydrogen-bond donors (Lipinski definition) is 0. The SMILES string of the molecule is C1=Cc2c3c(ccc2=C1)=C1CCCCC1C=C3. The Morgan fingerprint density at radius 2 is 2.00 bits per heavy atom. The first-order valence-corrected chi connectivity index (χ1v) is 6.66. The lowest BCUT2D eigenvalue weighted by atomic mass is 9.78. The van der Waals surface area contributed by atoms with E-state index in [-0.39, 0.29) is 0 Å². The van der Waals surface area contributed by atoms with Gasteiger partial charge in [0.15, 0.2) is 0 Å². The van der Waals surface area contributed by atoms with Gasteiger partial charge in [-0.2, -0.15) is 0 Å². The van der Waals surface area contributed by atoms with Crippen molar-refractivity contribution in [3.63, 3.8) is 0 Å². The second-order valence-corrected chi connectivity index (χ2v) is 5.29. The van der Waals surface area contributed by atoms with E-state index < -0.39 is 0 Å². The molecule has 0 heterocycles. The third-order valence-electron chi connectivity index (χ3n) is 4.36. The summed E-state index contributed by atoms with van der Waals surface area (Å²) in [6, 6.07) is 4.63. The van der Waals surface area contributed by atoms with Gasteiger partial charge in [-0.1, -0.05) is 54.5 Å². The molecule has 0 radical (unpaired) electrons. The molecule has 0 bridgehead atoms. The van der Waals surface area contributed by atoms with Gasteiger partial charge in [-0.05, 0) is 46.7 Å². The van der Waals surface area contributed by atoms with E-state index in [1.54, 1.807) is 5.57 Å². The molecule has 1 atom stereocenters. The van der Waals surface area contributed by atoms with Crippen LogP contribution in [0, 0.1) is 5.92 Å². The minimum atomic E-state index is 0.726. The Labute approximate surface area is 102 Å². The Hall–Kier alpha value is -1.56. The van der Waals surface area contributed by atoms with E-state index in [2.05, 4.69) is 42.5 Å². The summed E-state index contributed by atoms with van der Waals surface area (Å²) in [5.41, 5.74) is 4.58. The number of allylic oxidation sites excluding steroid dienone is 2. The predicted octanol–water partition coefficient (Wildman–Crippen LogP) is 2.86. The zero-order chi connectivity index (χ0) is 11.2. The van der Waals surface area contributed by atoms with Crippen LogP contribution in [0.15, 0.2) is 24.3 Å². The molecule has 17 heavy (non-hydrogen) atoms. The Morgan fingerprint density at radius 3 is 3.00 bits per heavy atom. The summed E-state index contributed by atoms with van der Waals surface area (Å²) in [4.78, 5) is 0. The van der Waals surface area contributed by atoms with Gasteiger partial charge in [0.1, 0.15) is 0 Å². The van der Waals surface area contributed by atoms with Crippen LogP contribution >= 0.6 is 0 Å². The molecule has 3 aliphatic carbocycles. The van der Waals surface area contributed by atoms with Crippen molar-refractivity contribution in [1.29, 1.82) is 0 Å². The normalized spacial score (nSPS) is 24.0. The van der Waals surface area contributed by atoms with Crippen LogP contribution in [-0.4, -0.2) is 0 Å². The zero-order valence-electron chi connectivity index (χ0n) is 9.95. The van der Waals surface area contributed by atoms with Gasteiger partial charge in [0.2, 0.25) is 0 Å². The molecule has 0 saturated heterocycles. The summed E-state index contributed by atoms with van der Waals surface area (Å²) in [7, 11) is 0. The topological polar surface area (TPSA) is 0 Å². The molecular formula is C17H16. The lowest BCUT2D eigenvalue weighted by molar-refractivity contribution is 0.567. The van der Waals surface area contributed by atoms with Crippen molar-refractivity contribution < 1.29 is 0 Å². The molecular weight excluding hydrogens is 204 g/mol. The first-order valence-electron chi connectivity index (χ1n) is 6.66. The molecule has 84 valence electrons. The van der Waals surface area contributed by atoms with Gasteiger partial charge in [0.25, 0.3) is 0 Å². The number of hydrogen-bond acceptors (Lipinski definition) is 0. The number of rotatable bonds is 0. The van der Waals surface area contributed by atoms with Crippen LogP contribution in [0.2, 0.25) is 0 Å². The quantitative estimate of drug-likeness (QED) is 0.630. The molecule has 1 fully saturated rings. The van der Waals surface area contributed by atoms with E-state index in [1.807, 2.05) is 0 Å². The molecule has 0 heteroatoms. The molecule has 1 aromatic carbocycles. The predicted molar refractivity (Wildman–Crippen MR) is 73.6 cm³/mol. The van der Waals surface area contributed by atoms with Gasteiger partial charge in [0.05, 0.1) is 0 Å². The van der Waals surface area contributed by atoms with Gasteiger partial charge in [-0.25, -0.2) is 0 Å². The van der Waals surface area contributed by atoms with Crippen molar-refractivity contribution in [3.8, 4) is 0 Å². The Bertz CT molecular complexity index is 656. The first-order chi connectivity index (χ1) is 8.43. The van der Waals surface area contributed by atoms with Crippen LogP contribution < -0.4 is 10.4 Å². The summed E-state index contributed by atoms with van der Waals surface area (Å²) >= 11 is 0. The standard InChI is InChI=1S/C17H16/c1-2-6-14-12(4-1)8-10-17-15-7-3-5-13(15)9-11-16(14)17/h3,5,7-12H,1-2,4,6H2. The molecule has 1 unspecified atom stereocenters. The highest BCUT2D eigenvalue weighted by atomic mass is 14.3. The molecule has 0 aromatic heterocycles. The van der Waals surface area contributed by atoms with Crippen molar-refractivity contribution in [1.82, 2.24) is 0 Å². The van der Waals surface area contributed by atoms with Crippen molar-refractivity contribution >= 4 is 23.8 Å². The third-order valence-corrected chi connectivity index (χ3v) is 4.36. The highest BCUT2D eigenvalue weighted by molar-refractivity contribution is 5.78. The van der Waals surface area contributed by atoms with E-state index >= 15 is 0 Å². The second-order valence-electron chi connectivity index (χ2n) is 5.29. The van der Waals surface area contributed by atoms with Crippen molar-refractivity contribution in [2.75, 3.05) is 0 Å². The van der Waals surface area contributed by atoms with E-state index in [1.165, 1.54) is 47.2 Å². The molecule has 0 nitrogen and oxygen atoms in total. The fourth-order valence-corrected chi connectivity index (χ4v) is 3.49. The molecule has 1 aromatic rings. The van der Waals surface area contributed by atoms with E-state index in [9.17, 15) is 0 Å². The minimum Gasteiger partial charge on any atom is -0.0767 e. The fraction of sp³-hybridized carbons (Fsp3) is 0.294. The first kappa shape index (κ1) is 9.47. The molecule has 1 saturated carbocycles. The zero-order valence-corrected chi connectivity index (χ0v) is 9.95. The van der Waals surface area contributed by atoms with E-state index in [0.29, 0.717) is 0 Å². The average Bonchev–Trinajstić information content (AvgIpc) is 2.86. The molecule has 0 amide bonds. The van der Waals surface area contributed by atoms with Crippen LogP contribution in [0.25, 0.3) is 23.8 Å².